The number of hydrogen-bond donors (Lipinski definition) is 1. The molecule has 2 rings (SSSR count). The minimum absolute atomic E-state index is 0.0633. The molecule has 17 heavy (non-hydrogen) atoms. The molecule has 0 radical (unpaired) electrons. The molecule has 0 aliphatic rings. The maximum atomic E-state index is 10.5. The zero-order valence-electron chi connectivity index (χ0n) is 9.01. The van der Waals surface area contributed by atoms with E-state index < -0.39 is 5.97 Å². The molecular weight excluding hydrogens is 240 g/mol. The summed E-state index contributed by atoms with van der Waals surface area (Å²) in [4.78, 5) is 14.8. The molecule has 0 aliphatic carbocycles. The molecule has 1 aromatic heterocycles. The molecule has 0 unspecified atom stereocenters. The highest BCUT2D eigenvalue weighted by molar-refractivity contribution is 6.33. The van der Waals surface area contributed by atoms with Crippen LogP contribution in [0.15, 0.2) is 36.7 Å². The average Bonchev–Trinajstić information content (AvgIpc) is 2.75. The van der Waals surface area contributed by atoms with Crippen LogP contribution in [0.3, 0.4) is 0 Å². The summed E-state index contributed by atoms with van der Waals surface area (Å²) in [5.41, 5.74) is 0.810. The van der Waals surface area contributed by atoms with Gasteiger partial charge in [-0.1, -0.05) is 23.7 Å². The van der Waals surface area contributed by atoms with Crippen LogP contribution in [-0.4, -0.2) is 20.6 Å². The Balaban J connectivity index is 2.31. The summed E-state index contributed by atoms with van der Waals surface area (Å²) in [7, 11) is 0. The molecule has 1 heterocycles. The average molecular weight is 251 g/mol. The molecule has 0 saturated heterocycles. The number of imidazole rings is 1. The monoisotopic (exact) mass is 250 g/mol. The molecule has 1 aromatic carbocycles. The second-order valence-electron chi connectivity index (χ2n) is 3.57. The van der Waals surface area contributed by atoms with Crippen LogP contribution in [-0.2, 0) is 11.3 Å². The van der Waals surface area contributed by atoms with Crippen molar-refractivity contribution in [2.75, 3.05) is 0 Å². The molecule has 0 aliphatic heterocycles. The third-order valence-corrected chi connectivity index (χ3v) is 2.73. The molecule has 0 spiro atoms. The molecule has 2 aromatic rings. The second-order valence-corrected chi connectivity index (χ2v) is 3.98. The number of aromatic nitrogens is 2. The topological polar surface area (TPSA) is 55.1 Å². The lowest BCUT2D eigenvalue weighted by molar-refractivity contribution is -0.137. The molecule has 88 valence electrons. The summed E-state index contributed by atoms with van der Waals surface area (Å²) in [6.07, 6.45) is 3.45. The van der Waals surface area contributed by atoms with E-state index in [9.17, 15) is 4.79 Å². The normalized spacial score (nSPS) is 10.4. The van der Waals surface area contributed by atoms with Crippen molar-refractivity contribution < 1.29 is 9.90 Å². The van der Waals surface area contributed by atoms with Crippen molar-refractivity contribution in [2.24, 2.45) is 0 Å². The van der Waals surface area contributed by atoms with Gasteiger partial charge < -0.3 is 9.67 Å². The van der Waals surface area contributed by atoms with Crippen LogP contribution < -0.4 is 0 Å². The van der Waals surface area contributed by atoms with Crippen molar-refractivity contribution >= 4 is 17.6 Å². The Morgan fingerprint density at radius 1 is 1.41 bits per heavy atom. The maximum absolute atomic E-state index is 10.5. The number of carbonyl (C=O) groups is 1. The Bertz CT molecular complexity index is 537. The van der Waals surface area contributed by atoms with Crippen LogP contribution in [0.5, 0.6) is 0 Å². The van der Waals surface area contributed by atoms with E-state index in [1.165, 1.54) is 0 Å². The van der Waals surface area contributed by atoms with E-state index >= 15 is 0 Å². The van der Waals surface area contributed by atoms with Gasteiger partial charge in [0.2, 0.25) is 0 Å². The van der Waals surface area contributed by atoms with Gasteiger partial charge in [0.15, 0.2) is 0 Å². The number of carboxylic acid groups (broad SMARTS) is 1. The molecule has 0 atom stereocenters. The number of carboxylic acids is 1. The van der Waals surface area contributed by atoms with Crippen molar-refractivity contribution in [3.63, 3.8) is 0 Å². The van der Waals surface area contributed by atoms with E-state index in [-0.39, 0.29) is 6.42 Å². The van der Waals surface area contributed by atoms with Crippen molar-refractivity contribution in [2.45, 2.75) is 13.0 Å². The minimum atomic E-state index is -0.830. The Morgan fingerprint density at radius 2 is 2.18 bits per heavy atom. The van der Waals surface area contributed by atoms with Gasteiger partial charge in [0.05, 0.1) is 11.4 Å². The Morgan fingerprint density at radius 3 is 2.88 bits per heavy atom. The van der Waals surface area contributed by atoms with Crippen LogP contribution in [0.2, 0.25) is 5.02 Å². The lowest BCUT2D eigenvalue weighted by atomic mass is 10.2. The number of halogens is 1. The molecule has 0 bridgehead atoms. The molecule has 4 nitrogen and oxygen atoms in total. The van der Waals surface area contributed by atoms with Gasteiger partial charge >= 0.3 is 5.97 Å². The number of rotatable bonds is 4. The number of nitrogens with zero attached hydrogens (tertiary/aromatic N) is 2. The summed E-state index contributed by atoms with van der Waals surface area (Å²) in [5.74, 6) is -0.138. The molecule has 5 heteroatoms. The largest absolute Gasteiger partial charge is 0.481 e. The van der Waals surface area contributed by atoms with E-state index in [1.54, 1.807) is 23.0 Å². The molecular formula is C12H11ClN2O2. The van der Waals surface area contributed by atoms with E-state index in [0.717, 1.165) is 5.56 Å². The lowest BCUT2D eigenvalue weighted by Gasteiger charge is -2.07. The summed E-state index contributed by atoms with van der Waals surface area (Å²) < 4.78 is 1.79. The second kappa shape index (κ2) is 5.01. The van der Waals surface area contributed by atoms with Gasteiger partial charge in [0.25, 0.3) is 0 Å². The standard InChI is InChI=1S/C12H11ClN2O2/c13-10-4-2-1-3-9(10)12-14-6-8-15(12)7-5-11(16)17/h1-4,6,8H,5,7H2,(H,16,17). The molecule has 0 saturated carbocycles. The Kier molecular flexibility index (Phi) is 3.44. The number of hydrogen-bond acceptors (Lipinski definition) is 2. The van der Waals surface area contributed by atoms with Gasteiger partial charge in [-0.25, -0.2) is 4.98 Å². The molecule has 0 fully saturated rings. The predicted octanol–water partition coefficient (Wildman–Crippen LogP) is 2.68. The Labute approximate surface area is 103 Å². The van der Waals surface area contributed by atoms with Gasteiger partial charge in [0, 0.05) is 24.5 Å². The van der Waals surface area contributed by atoms with E-state index in [2.05, 4.69) is 4.98 Å². The van der Waals surface area contributed by atoms with Crippen LogP contribution in [0, 0.1) is 0 Å². The predicted molar refractivity (Wildman–Crippen MR) is 64.9 cm³/mol. The van der Waals surface area contributed by atoms with Gasteiger partial charge in [-0.15, -0.1) is 0 Å². The van der Waals surface area contributed by atoms with Crippen LogP contribution in [0.1, 0.15) is 6.42 Å². The first kappa shape index (κ1) is 11.7. The first-order valence-electron chi connectivity index (χ1n) is 5.16. The van der Waals surface area contributed by atoms with Gasteiger partial charge in [-0.05, 0) is 12.1 Å². The van der Waals surface area contributed by atoms with Gasteiger partial charge in [-0.3, -0.25) is 4.79 Å². The Hall–Kier alpha value is -1.81. The molecule has 1 N–H and O–H groups in total. The zero-order chi connectivity index (χ0) is 12.3. The SMILES string of the molecule is O=C(O)CCn1ccnc1-c1ccccc1Cl. The van der Waals surface area contributed by atoms with Crippen LogP contribution in [0.25, 0.3) is 11.4 Å². The zero-order valence-corrected chi connectivity index (χ0v) is 9.76. The van der Waals surface area contributed by atoms with Crippen LogP contribution >= 0.6 is 11.6 Å². The van der Waals surface area contributed by atoms with Gasteiger partial charge in [-0.2, -0.15) is 0 Å². The summed E-state index contributed by atoms with van der Waals surface area (Å²) in [5, 5.41) is 9.28. The fraction of sp³-hybridized carbons (Fsp3) is 0.167. The first-order valence-corrected chi connectivity index (χ1v) is 5.54. The highest BCUT2D eigenvalue weighted by Gasteiger charge is 2.09. The minimum Gasteiger partial charge on any atom is -0.481 e. The van der Waals surface area contributed by atoms with Gasteiger partial charge in [0.1, 0.15) is 5.82 Å². The quantitative estimate of drug-likeness (QED) is 0.908. The van der Waals surface area contributed by atoms with E-state index in [1.807, 2.05) is 18.2 Å². The number of aryl methyl sites for hydroxylation is 1. The fourth-order valence-electron chi connectivity index (χ4n) is 1.59. The fourth-order valence-corrected chi connectivity index (χ4v) is 1.81. The summed E-state index contributed by atoms with van der Waals surface area (Å²) in [6, 6.07) is 7.36. The van der Waals surface area contributed by atoms with Crippen LogP contribution in [0.4, 0.5) is 0 Å². The van der Waals surface area contributed by atoms with Crippen molar-refractivity contribution in [3.05, 3.63) is 41.7 Å². The smallest absolute Gasteiger partial charge is 0.305 e. The molecule has 0 amide bonds. The van der Waals surface area contributed by atoms with Crippen molar-refractivity contribution in [3.8, 4) is 11.4 Å². The highest BCUT2D eigenvalue weighted by atomic mass is 35.5. The maximum Gasteiger partial charge on any atom is 0.305 e. The first-order chi connectivity index (χ1) is 8.18. The third kappa shape index (κ3) is 2.65. The third-order valence-electron chi connectivity index (χ3n) is 2.40. The lowest BCUT2D eigenvalue weighted by Crippen LogP contribution is -2.05. The number of benzene rings is 1. The highest BCUT2D eigenvalue weighted by Crippen LogP contribution is 2.26. The van der Waals surface area contributed by atoms with E-state index in [4.69, 9.17) is 16.7 Å². The summed E-state index contributed by atoms with van der Waals surface area (Å²) in [6.45, 7) is 0.385. The van der Waals surface area contributed by atoms with Crippen molar-refractivity contribution in [1.29, 1.82) is 0 Å². The summed E-state index contributed by atoms with van der Waals surface area (Å²) >= 11 is 6.08. The van der Waals surface area contributed by atoms with E-state index in [0.29, 0.717) is 17.4 Å². The number of aliphatic carboxylic acids is 1. The van der Waals surface area contributed by atoms with Crippen molar-refractivity contribution in [1.82, 2.24) is 9.55 Å².